The number of nitrogens with zero attached hydrogens (tertiary/aromatic N) is 4. The molecule has 1 aromatic carbocycles. The first kappa shape index (κ1) is 15.7. The highest BCUT2D eigenvalue weighted by atomic mass is 35.5. The number of rotatable bonds is 5. The summed E-state index contributed by atoms with van der Waals surface area (Å²) in [7, 11) is 0. The van der Waals surface area contributed by atoms with Crippen LogP contribution in [0.2, 0.25) is 5.02 Å². The van der Waals surface area contributed by atoms with Gasteiger partial charge in [-0.3, -0.25) is 0 Å². The monoisotopic (exact) mass is 353 g/mol. The Kier molecular flexibility index (Phi) is 4.11. The summed E-state index contributed by atoms with van der Waals surface area (Å²) in [4.78, 5) is 9.10. The summed E-state index contributed by atoms with van der Waals surface area (Å²) < 4.78 is 7.08. The second kappa shape index (κ2) is 6.57. The van der Waals surface area contributed by atoms with Crippen molar-refractivity contribution in [2.75, 3.05) is 5.32 Å². The highest BCUT2D eigenvalue weighted by Gasteiger charge is 2.14. The number of aryl methyl sites for hydroxylation is 1. The molecule has 0 bridgehead atoms. The molecule has 3 aromatic heterocycles. The second-order valence-electron chi connectivity index (χ2n) is 5.64. The summed E-state index contributed by atoms with van der Waals surface area (Å²) in [5.74, 6) is 2.42. The van der Waals surface area contributed by atoms with Crippen LogP contribution in [0.4, 0.5) is 11.5 Å². The van der Waals surface area contributed by atoms with Gasteiger partial charge in [0.2, 0.25) is 5.82 Å². The number of anilines is 2. The molecule has 0 radical (unpaired) electrons. The minimum absolute atomic E-state index is 0.500. The molecule has 0 saturated carbocycles. The molecule has 0 aliphatic heterocycles. The zero-order valence-electron chi connectivity index (χ0n) is 13.6. The van der Waals surface area contributed by atoms with Gasteiger partial charge in [0.15, 0.2) is 5.76 Å². The number of hydrogen-bond donors (Lipinski definition) is 1. The Bertz CT molecular complexity index is 1010. The largest absolute Gasteiger partial charge is 0.461 e. The molecule has 3 heterocycles. The molecule has 7 heteroatoms. The molecule has 0 aliphatic carbocycles. The lowest BCUT2D eigenvalue weighted by Gasteiger charge is -2.09. The summed E-state index contributed by atoms with van der Waals surface area (Å²) in [6, 6.07) is 13.2. The zero-order valence-corrected chi connectivity index (χ0v) is 14.4. The van der Waals surface area contributed by atoms with Crippen LogP contribution in [0.1, 0.15) is 19.0 Å². The van der Waals surface area contributed by atoms with Gasteiger partial charge in [0.1, 0.15) is 5.82 Å². The molecule has 4 aromatic rings. The van der Waals surface area contributed by atoms with Crippen molar-refractivity contribution in [2.45, 2.75) is 19.8 Å². The average Bonchev–Trinajstić information content (AvgIpc) is 3.24. The Hall–Kier alpha value is -2.86. The van der Waals surface area contributed by atoms with E-state index in [4.69, 9.17) is 16.0 Å². The number of fused-ring (bicyclic) bond motifs is 1. The lowest BCUT2D eigenvalue weighted by molar-refractivity contribution is 0.577. The number of halogens is 1. The number of nitrogens with one attached hydrogen (secondary N) is 1. The molecule has 1 N–H and O–H groups in total. The van der Waals surface area contributed by atoms with Crippen molar-refractivity contribution >= 4 is 28.9 Å². The van der Waals surface area contributed by atoms with Gasteiger partial charge < -0.3 is 9.73 Å². The van der Waals surface area contributed by atoms with Crippen LogP contribution in [0, 0.1) is 0 Å². The third-order valence-corrected chi connectivity index (χ3v) is 3.95. The SMILES string of the molecule is CCCc1cc(Nc2cccc(Cl)c2)n2nc(-c3ccco3)nc2n1. The van der Waals surface area contributed by atoms with E-state index in [1.165, 1.54) is 0 Å². The van der Waals surface area contributed by atoms with Crippen molar-refractivity contribution in [1.29, 1.82) is 0 Å². The van der Waals surface area contributed by atoms with E-state index in [2.05, 4.69) is 27.3 Å². The molecule has 0 spiro atoms. The van der Waals surface area contributed by atoms with Gasteiger partial charge in [-0.2, -0.15) is 9.50 Å². The minimum Gasteiger partial charge on any atom is -0.461 e. The molecule has 0 unspecified atom stereocenters. The summed E-state index contributed by atoms with van der Waals surface area (Å²) >= 11 is 6.08. The number of aromatic nitrogens is 4. The van der Waals surface area contributed by atoms with Crippen LogP contribution in [0.3, 0.4) is 0 Å². The van der Waals surface area contributed by atoms with Gasteiger partial charge >= 0.3 is 0 Å². The summed E-state index contributed by atoms with van der Waals surface area (Å²) in [5.41, 5.74) is 1.83. The van der Waals surface area contributed by atoms with Crippen LogP contribution in [-0.2, 0) is 6.42 Å². The van der Waals surface area contributed by atoms with Gasteiger partial charge in [-0.05, 0) is 36.8 Å². The number of benzene rings is 1. The van der Waals surface area contributed by atoms with Gasteiger partial charge in [0, 0.05) is 22.5 Å². The van der Waals surface area contributed by atoms with Crippen LogP contribution in [0.25, 0.3) is 17.4 Å². The van der Waals surface area contributed by atoms with Crippen molar-refractivity contribution in [1.82, 2.24) is 19.6 Å². The first-order valence-corrected chi connectivity index (χ1v) is 8.44. The third kappa shape index (κ3) is 3.21. The maximum atomic E-state index is 6.08. The molecule has 0 atom stereocenters. The van der Waals surface area contributed by atoms with Gasteiger partial charge in [0.25, 0.3) is 5.78 Å². The Morgan fingerprint density at radius 3 is 2.84 bits per heavy atom. The zero-order chi connectivity index (χ0) is 17.2. The van der Waals surface area contributed by atoms with E-state index in [1.54, 1.807) is 10.8 Å². The summed E-state index contributed by atoms with van der Waals surface area (Å²) in [6.07, 6.45) is 3.46. The molecular formula is C18H16ClN5O. The lowest BCUT2D eigenvalue weighted by atomic mass is 10.2. The Morgan fingerprint density at radius 2 is 2.08 bits per heavy atom. The highest BCUT2D eigenvalue weighted by Crippen LogP contribution is 2.23. The molecule has 0 aliphatic rings. The molecule has 0 amide bonds. The molecule has 126 valence electrons. The molecule has 4 rings (SSSR count). The van der Waals surface area contributed by atoms with E-state index in [0.717, 1.165) is 30.0 Å². The van der Waals surface area contributed by atoms with E-state index in [9.17, 15) is 0 Å². The normalized spacial score (nSPS) is 11.1. The van der Waals surface area contributed by atoms with Gasteiger partial charge in [-0.15, -0.1) is 5.10 Å². The van der Waals surface area contributed by atoms with Gasteiger partial charge in [-0.1, -0.05) is 31.0 Å². The van der Waals surface area contributed by atoms with E-state index in [-0.39, 0.29) is 0 Å². The fourth-order valence-corrected chi connectivity index (χ4v) is 2.81. The van der Waals surface area contributed by atoms with Crippen molar-refractivity contribution in [3.8, 4) is 11.6 Å². The smallest absolute Gasteiger partial charge is 0.255 e. The quantitative estimate of drug-likeness (QED) is 0.561. The van der Waals surface area contributed by atoms with Crippen LogP contribution >= 0.6 is 11.6 Å². The average molecular weight is 354 g/mol. The van der Waals surface area contributed by atoms with E-state index >= 15 is 0 Å². The van der Waals surface area contributed by atoms with Crippen LogP contribution in [0.15, 0.2) is 53.1 Å². The van der Waals surface area contributed by atoms with Crippen molar-refractivity contribution in [2.24, 2.45) is 0 Å². The van der Waals surface area contributed by atoms with E-state index in [1.807, 2.05) is 42.5 Å². The Balaban J connectivity index is 1.82. The van der Waals surface area contributed by atoms with E-state index < -0.39 is 0 Å². The number of furan rings is 1. The fraction of sp³-hybridized carbons (Fsp3) is 0.167. The Morgan fingerprint density at radius 1 is 1.16 bits per heavy atom. The van der Waals surface area contributed by atoms with Crippen LogP contribution in [-0.4, -0.2) is 19.6 Å². The number of hydrogen-bond acceptors (Lipinski definition) is 5. The van der Waals surface area contributed by atoms with Gasteiger partial charge in [-0.25, -0.2) is 4.98 Å². The van der Waals surface area contributed by atoms with Crippen LogP contribution < -0.4 is 5.32 Å². The van der Waals surface area contributed by atoms with Crippen molar-refractivity contribution in [3.63, 3.8) is 0 Å². The molecule has 25 heavy (non-hydrogen) atoms. The second-order valence-corrected chi connectivity index (χ2v) is 6.08. The molecular weight excluding hydrogens is 338 g/mol. The first-order chi connectivity index (χ1) is 12.2. The van der Waals surface area contributed by atoms with Gasteiger partial charge in [0.05, 0.1) is 6.26 Å². The highest BCUT2D eigenvalue weighted by molar-refractivity contribution is 6.30. The van der Waals surface area contributed by atoms with Crippen LogP contribution in [0.5, 0.6) is 0 Å². The maximum Gasteiger partial charge on any atom is 0.255 e. The summed E-state index contributed by atoms with van der Waals surface area (Å²) in [5, 5.41) is 8.55. The predicted octanol–water partition coefficient (Wildman–Crippen LogP) is 4.73. The Labute approximate surface area is 149 Å². The predicted molar refractivity (Wildman–Crippen MR) is 97.2 cm³/mol. The standard InChI is InChI=1S/C18H16ClN5O/c1-2-5-13-11-16(20-14-7-3-6-12(19)10-14)24-18(21-13)22-17(23-24)15-8-4-9-25-15/h3-4,6-11,20H,2,5H2,1H3. The third-order valence-electron chi connectivity index (χ3n) is 3.71. The molecule has 0 fully saturated rings. The van der Waals surface area contributed by atoms with Crippen molar-refractivity contribution in [3.05, 3.63) is 59.4 Å². The molecule has 6 nitrogen and oxygen atoms in total. The first-order valence-electron chi connectivity index (χ1n) is 8.06. The fourth-order valence-electron chi connectivity index (χ4n) is 2.62. The minimum atomic E-state index is 0.500. The van der Waals surface area contributed by atoms with E-state index in [0.29, 0.717) is 22.4 Å². The topological polar surface area (TPSA) is 68.2 Å². The molecule has 0 saturated heterocycles. The maximum absolute atomic E-state index is 6.08. The lowest BCUT2D eigenvalue weighted by Crippen LogP contribution is -2.04. The van der Waals surface area contributed by atoms with Crippen molar-refractivity contribution < 1.29 is 4.42 Å². The summed E-state index contributed by atoms with van der Waals surface area (Å²) in [6.45, 7) is 2.12.